The van der Waals surface area contributed by atoms with Crippen LogP contribution in [0.1, 0.15) is 0 Å². The Bertz CT molecular complexity index is 2380. The van der Waals surface area contributed by atoms with Crippen LogP contribution in [0.5, 0.6) is 23.0 Å². The zero-order chi connectivity index (χ0) is 33.0. The van der Waals surface area contributed by atoms with Gasteiger partial charge in [0.2, 0.25) is 0 Å². The molecule has 1 heterocycles. The average molecular weight is 664 g/mol. The molecule has 9 rings (SSSR count). The van der Waals surface area contributed by atoms with Crippen molar-refractivity contribution in [1.29, 1.82) is 0 Å². The molecule has 1 aromatic heterocycles. The van der Waals surface area contributed by atoms with Crippen LogP contribution in [-0.2, 0) is 0 Å². The summed E-state index contributed by atoms with van der Waals surface area (Å²) in [6, 6.07) is 45.8. The highest BCUT2D eigenvalue weighted by atomic mass is 35.5. The number of hydrogen-bond acceptors (Lipinski definition) is 4. The second-order valence-electron chi connectivity index (χ2n) is 11.5. The zero-order valence-corrected chi connectivity index (χ0v) is 27.8. The second-order valence-corrected chi connectivity index (χ2v) is 11.5. The van der Waals surface area contributed by atoms with Gasteiger partial charge in [0.05, 0.1) is 14.2 Å². The maximum absolute atomic E-state index is 9.77. The van der Waals surface area contributed by atoms with Crippen LogP contribution in [0.2, 0.25) is 0 Å². The van der Waals surface area contributed by atoms with E-state index >= 15 is 0 Å². The number of aromatic hydroxyl groups is 2. The van der Waals surface area contributed by atoms with Crippen molar-refractivity contribution in [2.24, 2.45) is 0 Å². The van der Waals surface area contributed by atoms with Gasteiger partial charge in [-0.1, -0.05) is 78.9 Å². The summed E-state index contributed by atoms with van der Waals surface area (Å²) in [5.41, 5.74) is 0. The van der Waals surface area contributed by atoms with Crippen LogP contribution in [0.25, 0.3) is 64.6 Å². The first-order valence-electron chi connectivity index (χ1n) is 15.7. The van der Waals surface area contributed by atoms with Crippen molar-refractivity contribution in [1.82, 2.24) is 0 Å². The number of pyridine rings is 1. The Morgan fingerprint density at radius 2 is 0.694 bits per heavy atom. The fourth-order valence-corrected chi connectivity index (χ4v) is 6.44. The second kappa shape index (κ2) is 14.4. The van der Waals surface area contributed by atoms with Crippen LogP contribution in [0.15, 0.2) is 152 Å². The monoisotopic (exact) mass is 663 g/mol. The Labute approximate surface area is 290 Å². The summed E-state index contributed by atoms with van der Waals surface area (Å²) in [7, 11) is 3.40. The first kappa shape index (κ1) is 32.9. The molecule has 0 aliphatic heterocycles. The molecule has 0 unspecified atom stereocenters. The van der Waals surface area contributed by atoms with Gasteiger partial charge in [0.15, 0.2) is 12.4 Å². The number of methoxy groups -OCH3 is 2. The van der Waals surface area contributed by atoms with Gasteiger partial charge in [0.25, 0.3) is 0 Å². The number of aromatic nitrogens is 1. The molecule has 9 aromatic rings. The van der Waals surface area contributed by atoms with E-state index in [0.717, 1.165) is 43.8 Å². The van der Waals surface area contributed by atoms with E-state index < -0.39 is 0 Å². The van der Waals surface area contributed by atoms with Gasteiger partial charge < -0.3 is 32.1 Å². The zero-order valence-electron chi connectivity index (χ0n) is 27.0. The smallest absolute Gasteiger partial charge is 0.166 e. The van der Waals surface area contributed by atoms with Crippen LogP contribution < -0.4 is 26.9 Å². The standard InChI is InChI=1S/C20H16O2.C18H12O2.C5H5N.ClH/c1-21-13-7-9-17-15-5-3-4-6-16(15)18-10-8-14(22-2)12-20(18)19(17)11-13;19-11-5-7-15-13-3-1-2-4-14(13)16-8-6-12(20)10-18(16)17(15)9-11;1-2-4-6-5-3-1;/h3-12H,1-2H3;1-10,19-20H;1-5H;1H. The van der Waals surface area contributed by atoms with E-state index in [1.165, 1.54) is 32.3 Å². The minimum atomic E-state index is 0. The molecule has 0 aliphatic carbocycles. The summed E-state index contributed by atoms with van der Waals surface area (Å²) in [5.74, 6) is 2.20. The van der Waals surface area contributed by atoms with E-state index in [-0.39, 0.29) is 23.9 Å². The normalized spacial score (nSPS) is 10.7. The third-order valence-electron chi connectivity index (χ3n) is 8.66. The van der Waals surface area contributed by atoms with Crippen LogP contribution in [0.4, 0.5) is 0 Å². The Morgan fingerprint density at radius 3 is 1.00 bits per heavy atom. The molecule has 0 atom stereocenters. The quantitative estimate of drug-likeness (QED) is 0.192. The molecule has 0 saturated heterocycles. The highest BCUT2D eigenvalue weighted by molar-refractivity contribution is 6.26. The van der Waals surface area contributed by atoms with Crippen molar-refractivity contribution in [2.45, 2.75) is 0 Å². The van der Waals surface area contributed by atoms with Gasteiger partial charge in [-0.25, -0.2) is 4.98 Å². The number of phenols is 2. The van der Waals surface area contributed by atoms with Crippen molar-refractivity contribution >= 4 is 64.6 Å². The third kappa shape index (κ3) is 6.45. The topological polar surface area (TPSA) is 73.1 Å². The molecule has 0 radical (unpaired) electrons. The summed E-state index contributed by atoms with van der Waals surface area (Å²) < 4.78 is 10.8. The largest absolute Gasteiger partial charge is 1.00 e. The predicted octanol–water partition coefficient (Wildman–Crippen LogP) is 7.23. The molecule has 0 fully saturated rings. The van der Waals surface area contributed by atoms with Crippen molar-refractivity contribution in [3.8, 4) is 23.0 Å². The first-order chi connectivity index (χ1) is 23.6. The Hall–Kier alpha value is -6.04. The van der Waals surface area contributed by atoms with Gasteiger partial charge in [0.1, 0.15) is 23.0 Å². The predicted molar refractivity (Wildman–Crippen MR) is 197 cm³/mol. The lowest BCUT2D eigenvalue weighted by atomic mass is 9.94. The van der Waals surface area contributed by atoms with Crippen molar-refractivity contribution in [3.63, 3.8) is 0 Å². The lowest BCUT2D eigenvalue weighted by Gasteiger charge is -2.12. The number of nitrogens with one attached hydrogen (secondary N) is 1. The number of aromatic amines is 1. The van der Waals surface area contributed by atoms with Crippen molar-refractivity contribution in [2.75, 3.05) is 14.2 Å². The number of benzene rings is 8. The molecule has 6 heteroatoms. The fourth-order valence-electron chi connectivity index (χ4n) is 6.44. The molecule has 8 aromatic carbocycles. The van der Waals surface area contributed by atoms with Gasteiger partial charge in [0, 0.05) is 12.1 Å². The number of halogens is 1. The highest BCUT2D eigenvalue weighted by Gasteiger charge is 2.11. The van der Waals surface area contributed by atoms with E-state index in [4.69, 9.17) is 9.47 Å². The molecule has 242 valence electrons. The van der Waals surface area contributed by atoms with E-state index in [9.17, 15) is 10.2 Å². The lowest BCUT2D eigenvalue weighted by molar-refractivity contribution is -0.377. The summed E-state index contributed by atoms with van der Waals surface area (Å²) in [4.78, 5) is 2.89. The van der Waals surface area contributed by atoms with Crippen molar-refractivity contribution < 1.29 is 37.1 Å². The van der Waals surface area contributed by atoms with Gasteiger partial charge >= 0.3 is 0 Å². The number of H-pyrrole nitrogens is 1. The number of ether oxygens (including phenoxy) is 2. The summed E-state index contributed by atoms with van der Waals surface area (Å²) in [6.07, 6.45) is 3.75. The third-order valence-corrected chi connectivity index (χ3v) is 8.66. The molecular weight excluding hydrogens is 630 g/mol. The molecule has 0 aliphatic rings. The SMILES string of the molecule is COc1ccc2c3ccccc3c3ccc(OC)cc3c2c1.Oc1ccc2c3ccccc3c3ccc(O)cc3c2c1.[Cl-].c1cc[nH+]cc1. The molecule has 0 saturated carbocycles. The summed E-state index contributed by atoms with van der Waals surface area (Å²) >= 11 is 0. The molecule has 0 amide bonds. The summed E-state index contributed by atoms with van der Waals surface area (Å²) in [5, 5.41) is 33.3. The summed E-state index contributed by atoms with van der Waals surface area (Å²) in [6.45, 7) is 0. The minimum absolute atomic E-state index is 0. The number of hydrogen-bond donors (Lipinski definition) is 2. The molecular formula is C43H34ClNO4. The number of rotatable bonds is 2. The van der Waals surface area contributed by atoms with E-state index in [1.807, 2.05) is 67.0 Å². The lowest BCUT2D eigenvalue weighted by Crippen LogP contribution is -3.00. The van der Waals surface area contributed by atoms with Crippen LogP contribution in [-0.4, -0.2) is 24.4 Å². The molecule has 0 spiro atoms. The fraction of sp³-hybridized carbons (Fsp3) is 0.0465. The van der Waals surface area contributed by atoms with Gasteiger partial charge in [-0.2, -0.15) is 0 Å². The van der Waals surface area contributed by atoms with E-state index in [1.54, 1.807) is 38.5 Å². The Kier molecular flexibility index (Phi) is 9.65. The van der Waals surface area contributed by atoms with E-state index in [2.05, 4.69) is 65.6 Å². The molecule has 49 heavy (non-hydrogen) atoms. The van der Waals surface area contributed by atoms with Gasteiger partial charge in [-0.05, 0) is 113 Å². The molecule has 3 N–H and O–H groups in total. The van der Waals surface area contributed by atoms with Crippen LogP contribution in [0, 0.1) is 0 Å². The van der Waals surface area contributed by atoms with Crippen LogP contribution >= 0.6 is 0 Å². The van der Waals surface area contributed by atoms with Crippen molar-refractivity contribution in [3.05, 3.63) is 152 Å². The highest BCUT2D eigenvalue weighted by Crippen LogP contribution is 2.39. The van der Waals surface area contributed by atoms with Gasteiger partial charge in [-0.3, -0.25) is 0 Å². The minimum Gasteiger partial charge on any atom is -1.00 e. The Morgan fingerprint density at radius 1 is 0.367 bits per heavy atom. The molecule has 5 nitrogen and oxygen atoms in total. The maximum atomic E-state index is 9.77. The maximum Gasteiger partial charge on any atom is 0.166 e. The number of phenolic OH excluding ortho intramolecular Hbond substituents is 2. The van der Waals surface area contributed by atoms with Crippen LogP contribution in [0.3, 0.4) is 0 Å². The first-order valence-corrected chi connectivity index (χ1v) is 15.7. The number of fused-ring (bicyclic) bond motifs is 12. The molecule has 0 bridgehead atoms. The Balaban J connectivity index is 0.000000143. The average Bonchev–Trinajstić information content (AvgIpc) is 3.15. The van der Waals surface area contributed by atoms with Gasteiger partial charge in [-0.15, -0.1) is 0 Å². The van der Waals surface area contributed by atoms with E-state index in [0.29, 0.717) is 0 Å².